The summed E-state index contributed by atoms with van der Waals surface area (Å²) < 4.78 is 14.0. The Morgan fingerprint density at radius 3 is 2.33 bits per heavy atom. The molecule has 1 aromatic heterocycles. The lowest BCUT2D eigenvalue weighted by molar-refractivity contribution is 0.594. The first-order valence-electron chi connectivity index (χ1n) is 9.03. The van der Waals surface area contributed by atoms with Crippen LogP contribution in [0.3, 0.4) is 0 Å². The number of H-pyrrole nitrogens is 1. The number of hydrogen-bond acceptors (Lipinski definition) is 4. The normalized spacial score (nSPS) is 14.4. The predicted octanol–water partition coefficient (Wildman–Crippen LogP) is 3.21. The van der Waals surface area contributed by atoms with Gasteiger partial charge in [-0.05, 0) is 19.1 Å². The van der Waals surface area contributed by atoms with Gasteiger partial charge in [0.15, 0.2) is 0 Å². The van der Waals surface area contributed by atoms with Crippen LogP contribution >= 0.6 is 0 Å². The van der Waals surface area contributed by atoms with Crippen LogP contribution in [0.5, 0.6) is 0 Å². The van der Waals surface area contributed by atoms with Crippen molar-refractivity contribution in [3.05, 3.63) is 76.3 Å². The summed E-state index contributed by atoms with van der Waals surface area (Å²) in [5, 5.41) is 0. The monoisotopic (exact) mass is 364 g/mol. The van der Waals surface area contributed by atoms with E-state index in [1.165, 1.54) is 12.1 Å². The summed E-state index contributed by atoms with van der Waals surface area (Å²) in [4.78, 5) is 23.7. The van der Waals surface area contributed by atoms with Crippen molar-refractivity contribution in [3.8, 4) is 11.3 Å². The number of benzene rings is 2. The van der Waals surface area contributed by atoms with Gasteiger partial charge in [0.1, 0.15) is 5.82 Å². The van der Waals surface area contributed by atoms with Gasteiger partial charge in [0, 0.05) is 37.8 Å². The number of nitrogens with zero attached hydrogens (tertiary/aromatic N) is 3. The first-order chi connectivity index (χ1) is 13.1. The average molecular weight is 364 g/mol. The van der Waals surface area contributed by atoms with Crippen molar-refractivity contribution in [2.45, 2.75) is 6.92 Å². The highest BCUT2D eigenvalue weighted by atomic mass is 19.1. The molecule has 27 heavy (non-hydrogen) atoms. The van der Waals surface area contributed by atoms with Crippen LogP contribution in [-0.4, -0.2) is 36.1 Å². The van der Waals surface area contributed by atoms with Crippen LogP contribution in [0, 0.1) is 12.7 Å². The average Bonchev–Trinajstić information content (AvgIpc) is 2.69. The number of anilines is 2. The van der Waals surface area contributed by atoms with E-state index >= 15 is 0 Å². The standard InChI is InChI=1S/C21H21FN4O/c1-15-6-8-16(9-7-15)18-14-20(27)24-21(23-18)26-12-10-25(11-13-26)19-5-3-2-4-17(19)22/h2-9,14H,10-13H2,1H3,(H,23,24,27). The highest BCUT2D eigenvalue weighted by Gasteiger charge is 2.21. The van der Waals surface area contributed by atoms with Gasteiger partial charge in [-0.25, -0.2) is 9.37 Å². The second kappa shape index (κ2) is 7.23. The van der Waals surface area contributed by atoms with E-state index in [1.54, 1.807) is 12.1 Å². The van der Waals surface area contributed by atoms with Gasteiger partial charge in [-0.2, -0.15) is 0 Å². The minimum atomic E-state index is -0.209. The fourth-order valence-electron chi connectivity index (χ4n) is 3.33. The predicted molar refractivity (Wildman–Crippen MR) is 106 cm³/mol. The lowest BCUT2D eigenvalue weighted by Gasteiger charge is -2.36. The van der Waals surface area contributed by atoms with Crippen molar-refractivity contribution in [1.82, 2.24) is 9.97 Å². The molecule has 2 aromatic carbocycles. The number of halogens is 1. The van der Waals surface area contributed by atoms with Crippen LogP contribution in [0.1, 0.15) is 5.56 Å². The van der Waals surface area contributed by atoms with Crippen LogP contribution in [0.25, 0.3) is 11.3 Å². The van der Waals surface area contributed by atoms with Gasteiger partial charge < -0.3 is 9.80 Å². The maximum atomic E-state index is 14.0. The molecular weight excluding hydrogens is 343 g/mol. The summed E-state index contributed by atoms with van der Waals surface area (Å²) in [7, 11) is 0. The molecule has 5 nitrogen and oxygen atoms in total. The summed E-state index contributed by atoms with van der Waals surface area (Å²) >= 11 is 0. The lowest BCUT2D eigenvalue weighted by atomic mass is 10.1. The number of aromatic nitrogens is 2. The number of rotatable bonds is 3. The van der Waals surface area contributed by atoms with Gasteiger partial charge in [-0.3, -0.25) is 9.78 Å². The van der Waals surface area contributed by atoms with Crippen LogP contribution in [0.4, 0.5) is 16.0 Å². The highest BCUT2D eigenvalue weighted by Crippen LogP contribution is 2.22. The Morgan fingerprint density at radius 2 is 1.63 bits per heavy atom. The summed E-state index contributed by atoms with van der Waals surface area (Å²) in [5.41, 5.74) is 3.18. The zero-order chi connectivity index (χ0) is 18.8. The van der Waals surface area contributed by atoms with Crippen molar-refractivity contribution in [1.29, 1.82) is 0 Å². The molecule has 0 radical (unpaired) electrons. The first kappa shape index (κ1) is 17.3. The van der Waals surface area contributed by atoms with E-state index in [0.717, 1.165) is 11.1 Å². The second-order valence-corrected chi connectivity index (χ2v) is 6.75. The molecule has 1 saturated heterocycles. The van der Waals surface area contributed by atoms with E-state index in [2.05, 4.69) is 9.97 Å². The molecule has 1 aliphatic rings. The summed E-state index contributed by atoms with van der Waals surface area (Å²) in [6.07, 6.45) is 0. The SMILES string of the molecule is Cc1ccc(-c2cc(=O)[nH]c(N3CCN(c4ccccc4F)CC3)n2)cc1. The molecule has 1 fully saturated rings. The number of para-hydroxylation sites is 1. The molecule has 1 aliphatic heterocycles. The van der Waals surface area contributed by atoms with Crippen molar-refractivity contribution >= 4 is 11.6 Å². The number of aryl methyl sites for hydroxylation is 1. The Kier molecular flexibility index (Phi) is 4.62. The van der Waals surface area contributed by atoms with E-state index in [9.17, 15) is 9.18 Å². The smallest absolute Gasteiger partial charge is 0.252 e. The Bertz CT molecular complexity index is 992. The third-order valence-electron chi connectivity index (χ3n) is 4.85. The van der Waals surface area contributed by atoms with Crippen LogP contribution in [0.2, 0.25) is 0 Å². The summed E-state index contributed by atoms with van der Waals surface area (Å²) in [6, 6.07) is 16.3. The fourth-order valence-corrected chi connectivity index (χ4v) is 3.33. The van der Waals surface area contributed by atoms with Crippen molar-refractivity contribution in [3.63, 3.8) is 0 Å². The summed E-state index contributed by atoms with van der Waals surface area (Å²) in [5.74, 6) is 0.352. The molecule has 2 heterocycles. The molecule has 1 N–H and O–H groups in total. The molecule has 4 rings (SSSR count). The third-order valence-corrected chi connectivity index (χ3v) is 4.85. The van der Waals surface area contributed by atoms with Crippen LogP contribution < -0.4 is 15.4 Å². The molecule has 0 bridgehead atoms. The molecule has 0 aliphatic carbocycles. The van der Waals surface area contributed by atoms with Crippen molar-refractivity contribution < 1.29 is 4.39 Å². The Balaban J connectivity index is 1.54. The fraction of sp³-hybridized carbons (Fsp3) is 0.238. The van der Waals surface area contributed by atoms with Gasteiger partial charge in [-0.1, -0.05) is 42.0 Å². The van der Waals surface area contributed by atoms with Crippen LogP contribution in [0.15, 0.2) is 59.4 Å². The lowest BCUT2D eigenvalue weighted by Crippen LogP contribution is -2.47. The molecule has 0 saturated carbocycles. The number of hydrogen-bond donors (Lipinski definition) is 1. The topological polar surface area (TPSA) is 52.2 Å². The maximum Gasteiger partial charge on any atom is 0.252 e. The van der Waals surface area contributed by atoms with E-state index in [0.29, 0.717) is 43.5 Å². The molecule has 0 atom stereocenters. The van der Waals surface area contributed by atoms with E-state index in [-0.39, 0.29) is 11.4 Å². The third kappa shape index (κ3) is 3.69. The van der Waals surface area contributed by atoms with Crippen molar-refractivity contribution in [2.75, 3.05) is 36.0 Å². The van der Waals surface area contributed by atoms with Crippen molar-refractivity contribution in [2.24, 2.45) is 0 Å². The number of aromatic amines is 1. The first-order valence-corrected chi connectivity index (χ1v) is 9.03. The zero-order valence-electron chi connectivity index (χ0n) is 15.2. The van der Waals surface area contributed by atoms with E-state index < -0.39 is 0 Å². The Hall–Kier alpha value is -3.15. The van der Waals surface area contributed by atoms with E-state index in [1.807, 2.05) is 47.1 Å². The molecular formula is C21H21FN4O. The highest BCUT2D eigenvalue weighted by molar-refractivity contribution is 5.60. The quantitative estimate of drug-likeness (QED) is 0.775. The molecule has 6 heteroatoms. The minimum Gasteiger partial charge on any atom is -0.366 e. The van der Waals surface area contributed by atoms with Gasteiger partial charge in [0.25, 0.3) is 5.56 Å². The van der Waals surface area contributed by atoms with Gasteiger partial charge >= 0.3 is 0 Å². The molecule has 3 aromatic rings. The second-order valence-electron chi connectivity index (χ2n) is 6.75. The maximum absolute atomic E-state index is 14.0. The van der Waals surface area contributed by atoms with Gasteiger partial charge in [0.2, 0.25) is 5.95 Å². The Morgan fingerprint density at radius 1 is 0.963 bits per heavy atom. The Labute approximate surface area is 157 Å². The van der Waals surface area contributed by atoms with Gasteiger partial charge in [0.05, 0.1) is 11.4 Å². The number of piperazine rings is 1. The minimum absolute atomic E-state index is 0.174. The zero-order valence-corrected chi connectivity index (χ0v) is 15.2. The molecule has 0 amide bonds. The molecule has 0 unspecified atom stereocenters. The van der Waals surface area contributed by atoms with Gasteiger partial charge in [-0.15, -0.1) is 0 Å². The number of nitrogens with one attached hydrogen (secondary N) is 1. The van der Waals surface area contributed by atoms with E-state index in [4.69, 9.17) is 0 Å². The molecule has 138 valence electrons. The largest absolute Gasteiger partial charge is 0.366 e. The summed E-state index contributed by atoms with van der Waals surface area (Å²) in [6.45, 7) is 4.68. The van der Waals surface area contributed by atoms with Crippen LogP contribution in [-0.2, 0) is 0 Å². The molecule has 0 spiro atoms.